The van der Waals surface area contributed by atoms with Crippen LogP contribution in [0.4, 0.5) is 0 Å². The first-order chi connectivity index (χ1) is 8.07. The molecule has 0 radical (unpaired) electrons. The fourth-order valence-electron chi connectivity index (χ4n) is 1.70. The van der Waals surface area contributed by atoms with Crippen molar-refractivity contribution in [2.75, 3.05) is 0 Å². The molecule has 2 N–H and O–H groups in total. The summed E-state index contributed by atoms with van der Waals surface area (Å²) in [5.74, 6) is -1.49. The third-order valence-corrected chi connectivity index (χ3v) is 2.67. The van der Waals surface area contributed by atoms with E-state index in [0.717, 1.165) is 38.5 Å². The normalized spacial score (nSPS) is 16.3. The van der Waals surface area contributed by atoms with Gasteiger partial charge in [0.15, 0.2) is 0 Å². The second-order valence-electron chi connectivity index (χ2n) is 4.20. The van der Waals surface area contributed by atoms with E-state index in [1.165, 1.54) is 12.5 Å². The molecule has 1 aliphatic rings. The summed E-state index contributed by atoms with van der Waals surface area (Å²) in [5.41, 5.74) is 0. The van der Waals surface area contributed by atoms with Crippen molar-refractivity contribution in [1.82, 2.24) is 0 Å². The number of hydrogen-bond acceptors (Lipinski definition) is 2. The summed E-state index contributed by atoms with van der Waals surface area (Å²) in [7, 11) is 0. The lowest BCUT2D eigenvalue weighted by Gasteiger charge is -2.16. The molecule has 0 aromatic carbocycles. The molecule has 1 saturated carbocycles. The highest BCUT2D eigenvalue weighted by atomic mass is 16.4. The fraction of sp³-hybridized carbons (Fsp3) is 0.692. The van der Waals surface area contributed by atoms with Gasteiger partial charge in [-0.25, -0.2) is 4.79 Å². The SMILES string of the molecule is CCCC=CC(=O)O.O=C(O)C1CCCCC1. The Morgan fingerprint density at radius 3 is 2.12 bits per heavy atom. The molecule has 0 unspecified atom stereocenters. The molecule has 1 rings (SSSR count). The molecule has 4 heteroatoms. The Morgan fingerprint density at radius 1 is 1.18 bits per heavy atom. The van der Waals surface area contributed by atoms with Gasteiger partial charge in [-0.3, -0.25) is 4.79 Å². The standard InChI is InChI=1S/C7H12O2.C6H10O2/c8-7(9)6-4-2-1-3-5-6;1-2-3-4-5-6(7)8/h6H,1-5H2,(H,8,9);4-5H,2-3H2,1H3,(H,7,8). The van der Waals surface area contributed by atoms with Gasteiger partial charge in [0.25, 0.3) is 0 Å². The molecule has 0 bridgehead atoms. The van der Waals surface area contributed by atoms with Crippen LogP contribution in [0.3, 0.4) is 0 Å². The third-order valence-electron chi connectivity index (χ3n) is 2.67. The summed E-state index contributed by atoms with van der Waals surface area (Å²) in [6, 6.07) is 0. The Bertz CT molecular complexity index is 252. The Balaban J connectivity index is 0.000000304. The molecule has 0 spiro atoms. The highest BCUT2D eigenvalue weighted by molar-refractivity contribution is 5.79. The number of carbonyl (C=O) groups is 2. The molecule has 0 aromatic heterocycles. The molecular formula is C13H22O4. The zero-order chi connectivity index (χ0) is 13.1. The monoisotopic (exact) mass is 242 g/mol. The molecular weight excluding hydrogens is 220 g/mol. The van der Waals surface area contributed by atoms with E-state index in [1.807, 2.05) is 6.92 Å². The van der Waals surface area contributed by atoms with Gasteiger partial charge in [-0.1, -0.05) is 38.7 Å². The molecule has 4 nitrogen and oxygen atoms in total. The number of rotatable bonds is 4. The van der Waals surface area contributed by atoms with Crippen molar-refractivity contribution < 1.29 is 19.8 Å². The van der Waals surface area contributed by atoms with Crippen LogP contribution in [-0.2, 0) is 9.59 Å². The Hall–Kier alpha value is -1.32. The molecule has 1 fully saturated rings. The van der Waals surface area contributed by atoms with Crippen molar-refractivity contribution in [2.45, 2.75) is 51.9 Å². The zero-order valence-electron chi connectivity index (χ0n) is 10.4. The predicted octanol–water partition coefficient (Wildman–Crippen LogP) is 3.08. The molecule has 0 heterocycles. The van der Waals surface area contributed by atoms with Crippen molar-refractivity contribution in [1.29, 1.82) is 0 Å². The molecule has 1 aliphatic carbocycles. The van der Waals surface area contributed by atoms with Crippen molar-refractivity contribution in [3.05, 3.63) is 12.2 Å². The van der Waals surface area contributed by atoms with Gasteiger partial charge in [-0.05, 0) is 19.3 Å². The van der Waals surface area contributed by atoms with E-state index >= 15 is 0 Å². The largest absolute Gasteiger partial charge is 0.481 e. The van der Waals surface area contributed by atoms with Crippen LogP contribution in [-0.4, -0.2) is 22.2 Å². The van der Waals surface area contributed by atoms with Crippen molar-refractivity contribution in [2.24, 2.45) is 5.92 Å². The lowest BCUT2D eigenvalue weighted by atomic mass is 9.90. The van der Waals surface area contributed by atoms with Crippen molar-refractivity contribution in [3.8, 4) is 0 Å². The molecule has 98 valence electrons. The molecule has 0 atom stereocenters. The second kappa shape index (κ2) is 9.87. The number of allylic oxidation sites excluding steroid dienone is 1. The van der Waals surface area contributed by atoms with Gasteiger partial charge < -0.3 is 10.2 Å². The quantitative estimate of drug-likeness (QED) is 0.743. The van der Waals surface area contributed by atoms with Crippen LogP contribution >= 0.6 is 0 Å². The minimum absolute atomic E-state index is 0.0289. The first-order valence-corrected chi connectivity index (χ1v) is 6.20. The maximum Gasteiger partial charge on any atom is 0.327 e. The number of hydrogen-bond donors (Lipinski definition) is 2. The molecule has 0 saturated heterocycles. The average molecular weight is 242 g/mol. The average Bonchev–Trinajstić information content (AvgIpc) is 2.31. The Morgan fingerprint density at radius 2 is 1.76 bits per heavy atom. The maximum atomic E-state index is 10.4. The smallest absolute Gasteiger partial charge is 0.327 e. The van der Waals surface area contributed by atoms with Crippen LogP contribution in [0.5, 0.6) is 0 Å². The Labute approximate surface area is 102 Å². The van der Waals surface area contributed by atoms with E-state index in [-0.39, 0.29) is 5.92 Å². The van der Waals surface area contributed by atoms with E-state index in [0.29, 0.717) is 0 Å². The van der Waals surface area contributed by atoms with E-state index in [4.69, 9.17) is 10.2 Å². The fourth-order valence-corrected chi connectivity index (χ4v) is 1.70. The maximum absolute atomic E-state index is 10.4. The number of carboxylic acid groups (broad SMARTS) is 2. The number of aliphatic carboxylic acids is 2. The number of unbranched alkanes of at least 4 members (excludes halogenated alkanes) is 1. The van der Waals surface area contributed by atoms with Gasteiger partial charge in [0.1, 0.15) is 0 Å². The highest BCUT2D eigenvalue weighted by Crippen LogP contribution is 2.23. The Kier molecular flexibility index (Phi) is 9.11. The first kappa shape index (κ1) is 15.7. The molecule has 0 aromatic rings. The summed E-state index contributed by atoms with van der Waals surface area (Å²) in [6.07, 6.45) is 9.92. The summed E-state index contributed by atoms with van der Waals surface area (Å²) >= 11 is 0. The van der Waals surface area contributed by atoms with Crippen LogP contribution in [0.15, 0.2) is 12.2 Å². The van der Waals surface area contributed by atoms with Gasteiger partial charge in [0.05, 0.1) is 5.92 Å². The molecule has 0 aliphatic heterocycles. The van der Waals surface area contributed by atoms with Crippen LogP contribution < -0.4 is 0 Å². The summed E-state index contributed by atoms with van der Waals surface area (Å²) in [5, 5.41) is 16.6. The minimum Gasteiger partial charge on any atom is -0.481 e. The van der Waals surface area contributed by atoms with E-state index in [9.17, 15) is 9.59 Å². The number of carboxylic acids is 2. The van der Waals surface area contributed by atoms with E-state index < -0.39 is 11.9 Å². The summed E-state index contributed by atoms with van der Waals surface area (Å²) in [4.78, 5) is 20.1. The predicted molar refractivity (Wildman–Crippen MR) is 65.9 cm³/mol. The van der Waals surface area contributed by atoms with Crippen LogP contribution in [0, 0.1) is 5.92 Å². The zero-order valence-corrected chi connectivity index (χ0v) is 10.4. The summed E-state index contributed by atoms with van der Waals surface area (Å²) < 4.78 is 0. The van der Waals surface area contributed by atoms with Crippen molar-refractivity contribution in [3.63, 3.8) is 0 Å². The van der Waals surface area contributed by atoms with Crippen LogP contribution in [0.2, 0.25) is 0 Å². The highest BCUT2D eigenvalue weighted by Gasteiger charge is 2.19. The lowest BCUT2D eigenvalue weighted by molar-refractivity contribution is -0.142. The topological polar surface area (TPSA) is 74.6 Å². The van der Waals surface area contributed by atoms with Gasteiger partial charge in [-0.2, -0.15) is 0 Å². The van der Waals surface area contributed by atoms with E-state index in [1.54, 1.807) is 6.08 Å². The summed E-state index contributed by atoms with van der Waals surface area (Å²) in [6.45, 7) is 2.01. The molecule has 17 heavy (non-hydrogen) atoms. The first-order valence-electron chi connectivity index (χ1n) is 6.20. The molecule has 0 amide bonds. The third kappa shape index (κ3) is 9.60. The van der Waals surface area contributed by atoms with Gasteiger partial charge in [-0.15, -0.1) is 0 Å². The second-order valence-corrected chi connectivity index (χ2v) is 4.20. The minimum atomic E-state index is -0.863. The van der Waals surface area contributed by atoms with Gasteiger partial charge in [0.2, 0.25) is 0 Å². The van der Waals surface area contributed by atoms with Crippen LogP contribution in [0.25, 0.3) is 0 Å². The van der Waals surface area contributed by atoms with Crippen molar-refractivity contribution >= 4 is 11.9 Å². The van der Waals surface area contributed by atoms with Gasteiger partial charge in [0, 0.05) is 6.08 Å². The lowest BCUT2D eigenvalue weighted by Crippen LogP contribution is -2.16. The van der Waals surface area contributed by atoms with Gasteiger partial charge >= 0.3 is 11.9 Å². The van der Waals surface area contributed by atoms with E-state index in [2.05, 4.69) is 0 Å². The van der Waals surface area contributed by atoms with Crippen LogP contribution in [0.1, 0.15) is 51.9 Å².